The molecule has 0 saturated carbocycles. The summed E-state index contributed by atoms with van der Waals surface area (Å²) >= 11 is 0. The van der Waals surface area contributed by atoms with Gasteiger partial charge in [-0.25, -0.2) is 0 Å². The topological polar surface area (TPSA) is 55.6 Å². The standard InChI is InChI=1S/C20H24N2O2/c1-15-11-17(12-21)13-22(15)20(23)18-7-9-19(10-8-18)24-14-16-5-3-2-4-6-16/h2-10,15,17H,11-14,21H2,1H3. The second-order valence-corrected chi connectivity index (χ2v) is 6.44. The number of ether oxygens (including phenoxy) is 1. The first-order valence-corrected chi connectivity index (χ1v) is 8.45. The predicted octanol–water partition coefficient (Wildman–Crippen LogP) is 3.07. The second-order valence-electron chi connectivity index (χ2n) is 6.44. The van der Waals surface area contributed by atoms with Gasteiger partial charge < -0.3 is 15.4 Å². The number of hydrogen-bond donors (Lipinski definition) is 1. The Balaban J connectivity index is 1.61. The Morgan fingerprint density at radius 2 is 1.88 bits per heavy atom. The van der Waals surface area contributed by atoms with E-state index in [9.17, 15) is 4.79 Å². The predicted molar refractivity (Wildman–Crippen MR) is 94.9 cm³/mol. The highest BCUT2D eigenvalue weighted by Crippen LogP contribution is 2.25. The number of likely N-dealkylation sites (tertiary alicyclic amines) is 1. The fourth-order valence-electron chi connectivity index (χ4n) is 3.20. The van der Waals surface area contributed by atoms with Gasteiger partial charge >= 0.3 is 0 Å². The molecule has 0 aliphatic carbocycles. The molecule has 0 aromatic heterocycles. The summed E-state index contributed by atoms with van der Waals surface area (Å²) in [6.07, 6.45) is 0.987. The maximum Gasteiger partial charge on any atom is 0.254 e. The molecule has 4 heteroatoms. The van der Waals surface area contributed by atoms with Crippen molar-refractivity contribution in [2.45, 2.75) is 26.0 Å². The van der Waals surface area contributed by atoms with Crippen LogP contribution in [-0.4, -0.2) is 29.9 Å². The molecule has 2 atom stereocenters. The first kappa shape index (κ1) is 16.5. The van der Waals surface area contributed by atoms with Crippen molar-refractivity contribution in [3.8, 4) is 5.75 Å². The molecule has 1 amide bonds. The molecule has 0 radical (unpaired) electrons. The molecule has 1 aliphatic rings. The number of amides is 1. The Kier molecular flexibility index (Phi) is 5.16. The molecule has 2 aromatic carbocycles. The summed E-state index contributed by atoms with van der Waals surface area (Å²) in [7, 11) is 0. The number of nitrogens with two attached hydrogens (primary N) is 1. The number of carbonyl (C=O) groups is 1. The third-order valence-corrected chi connectivity index (χ3v) is 4.61. The van der Waals surface area contributed by atoms with Crippen LogP contribution >= 0.6 is 0 Å². The van der Waals surface area contributed by atoms with Gasteiger partial charge in [0.15, 0.2) is 0 Å². The molecule has 1 saturated heterocycles. The van der Waals surface area contributed by atoms with Crippen LogP contribution < -0.4 is 10.5 Å². The molecule has 1 fully saturated rings. The van der Waals surface area contributed by atoms with Crippen LogP contribution in [0.15, 0.2) is 54.6 Å². The van der Waals surface area contributed by atoms with Crippen molar-refractivity contribution in [2.24, 2.45) is 11.7 Å². The quantitative estimate of drug-likeness (QED) is 0.919. The van der Waals surface area contributed by atoms with E-state index >= 15 is 0 Å². The first-order valence-electron chi connectivity index (χ1n) is 8.45. The van der Waals surface area contributed by atoms with Crippen LogP contribution in [-0.2, 0) is 6.61 Å². The molecule has 4 nitrogen and oxygen atoms in total. The Bertz CT molecular complexity index is 670. The van der Waals surface area contributed by atoms with Crippen molar-refractivity contribution < 1.29 is 9.53 Å². The van der Waals surface area contributed by atoms with Gasteiger partial charge in [0.1, 0.15) is 12.4 Å². The second kappa shape index (κ2) is 7.49. The molecule has 2 unspecified atom stereocenters. The van der Waals surface area contributed by atoms with Crippen molar-refractivity contribution in [1.82, 2.24) is 4.90 Å². The van der Waals surface area contributed by atoms with Gasteiger partial charge in [0.2, 0.25) is 0 Å². The van der Waals surface area contributed by atoms with E-state index in [1.54, 1.807) is 0 Å². The zero-order chi connectivity index (χ0) is 16.9. The van der Waals surface area contributed by atoms with Crippen molar-refractivity contribution >= 4 is 5.91 Å². The maximum atomic E-state index is 12.7. The molecule has 1 heterocycles. The van der Waals surface area contributed by atoms with Crippen molar-refractivity contribution in [3.05, 3.63) is 65.7 Å². The number of rotatable bonds is 5. The number of carbonyl (C=O) groups excluding carboxylic acids is 1. The normalized spacial score (nSPS) is 20.2. The maximum absolute atomic E-state index is 12.7. The summed E-state index contributed by atoms with van der Waals surface area (Å²) in [5.74, 6) is 1.26. The van der Waals surface area contributed by atoms with Crippen LogP contribution in [0.1, 0.15) is 29.3 Å². The summed E-state index contributed by atoms with van der Waals surface area (Å²) < 4.78 is 5.77. The minimum atomic E-state index is 0.0769. The Hall–Kier alpha value is -2.33. The summed E-state index contributed by atoms with van der Waals surface area (Å²) in [4.78, 5) is 14.6. The highest BCUT2D eigenvalue weighted by Gasteiger charge is 2.31. The largest absolute Gasteiger partial charge is 0.489 e. The highest BCUT2D eigenvalue weighted by atomic mass is 16.5. The lowest BCUT2D eigenvalue weighted by atomic mass is 10.1. The highest BCUT2D eigenvalue weighted by molar-refractivity contribution is 5.94. The molecule has 2 N–H and O–H groups in total. The fraction of sp³-hybridized carbons (Fsp3) is 0.350. The van der Waals surface area contributed by atoms with E-state index in [-0.39, 0.29) is 11.9 Å². The molecule has 2 aromatic rings. The van der Waals surface area contributed by atoms with Crippen LogP contribution in [0.25, 0.3) is 0 Å². The summed E-state index contributed by atoms with van der Waals surface area (Å²) in [6, 6.07) is 17.7. The van der Waals surface area contributed by atoms with E-state index in [0.29, 0.717) is 24.6 Å². The van der Waals surface area contributed by atoms with Gasteiger partial charge in [-0.2, -0.15) is 0 Å². The molecule has 3 rings (SSSR count). The van der Waals surface area contributed by atoms with Crippen LogP contribution in [0.5, 0.6) is 5.75 Å². The fourth-order valence-corrected chi connectivity index (χ4v) is 3.20. The van der Waals surface area contributed by atoms with E-state index in [1.165, 1.54) is 0 Å². The molecule has 24 heavy (non-hydrogen) atoms. The minimum Gasteiger partial charge on any atom is -0.489 e. The molecular formula is C20H24N2O2. The van der Waals surface area contributed by atoms with Crippen molar-refractivity contribution in [1.29, 1.82) is 0 Å². The lowest BCUT2D eigenvalue weighted by molar-refractivity contribution is 0.0743. The monoisotopic (exact) mass is 324 g/mol. The van der Waals surface area contributed by atoms with E-state index in [0.717, 1.165) is 24.3 Å². The zero-order valence-electron chi connectivity index (χ0n) is 14.0. The van der Waals surface area contributed by atoms with Crippen LogP contribution in [0.2, 0.25) is 0 Å². The van der Waals surface area contributed by atoms with E-state index in [1.807, 2.05) is 59.5 Å². The Morgan fingerprint density at radius 1 is 1.17 bits per heavy atom. The zero-order valence-corrected chi connectivity index (χ0v) is 14.0. The van der Waals surface area contributed by atoms with Gasteiger partial charge in [-0.3, -0.25) is 4.79 Å². The molecule has 1 aliphatic heterocycles. The lowest BCUT2D eigenvalue weighted by Crippen LogP contribution is -2.34. The number of benzene rings is 2. The smallest absolute Gasteiger partial charge is 0.254 e. The van der Waals surface area contributed by atoms with Gasteiger partial charge in [0, 0.05) is 18.2 Å². The summed E-state index contributed by atoms with van der Waals surface area (Å²) in [6.45, 7) is 4.00. The van der Waals surface area contributed by atoms with Gasteiger partial charge in [-0.1, -0.05) is 30.3 Å². The molecular weight excluding hydrogens is 300 g/mol. The van der Waals surface area contributed by atoms with Crippen molar-refractivity contribution in [3.63, 3.8) is 0 Å². The van der Waals surface area contributed by atoms with Crippen molar-refractivity contribution in [2.75, 3.05) is 13.1 Å². The summed E-state index contributed by atoms with van der Waals surface area (Å²) in [5.41, 5.74) is 7.57. The van der Waals surface area contributed by atoms with E-state index in [4.69, 9.17) is 10.5 Å². The van der Waals surface area contributed by atoms with E-state index in [2.05, 4.69) is 6.92 Å². The first-order chi connectivity index (χ1) is 11.7. The number of hydrogen-bond acceptors (Lipinski definition) is 3. The van der Waals surface area contributed by atoms with Crippen LogP contribution in [0, 0.1) is 5.92 Å². The third-order valence-electron chi connectivity index (χ3n) is 4.61. The molecule has 0 bridgehead atoms. The van der Waals surface area contributed by atoms with Crippen LogP contribution in [0.4, 0.5) is 0 Å². The molecule has 0 spiro atoms. The third kappa shape index (κ3) is 3.77. The average molecular weight is 324 g/mol. The minimum absolute atomic E-state index is 0.0769. The van der Waals surface area contributed by atoms with Gasteiger partial charge in [-0.05, 0) is 55.6 Å². The van der Waals surface area contributed by atoms with Gasteiger partial charge in [-0.15, -0.1) is 0 Å². The Morgan fingerprint density at radius 3 is 2.50 bits per heavy atom. The molecule has 126 valence electrons. The number of nitrogens with zero attached hydrogens (tertiary/aromatic N) is 1. The summed E-state index contributed by atoms with van der Waals surface area (Å²) in [5, 5.41) is 0. The SMILES string of the molecule is CC1CC(CN)CN1C(=O)c1ccc(OCc2ccccc2)cc1. The lowest BCUT2D eigenvalue weighted by Gasteiger charge is -2.21. The van der Waals surface area contributed by atoms with Gasteiger partial charge in [0.25, 0.3) is 5.91 Å². The Labute approximate surface area is 143 Å². The average Bonchev–Trinajstić information content (AvgIpc) is 3.01. The van der Waals surface area contributed by atoms with E-state index < -0.39 is 0 Å². The van der Waals surface area contributed by atoms with Gasteiger partial charge in [0.05, 0.1) is 0 Å². The van der Waals surface area contributed by atoms with Crippen LogP contribution in [0.3, 0.4) is 0 Å².